The van der Waals surface area contributed by atoms with Gasteiger partial charge in [-0.2, -0.15) is 0 Å². The van der Waals surface area contributed by atoms with Crippen LogP contribution in [0.5, 0.6) is 0 Å². The monoisotopic (exact) mass is 363 g/mol. The molecule has 0 fully saturated rings. The summed E-state index contributed by atoms with van der Waals surface area (Å²) >= 11 is 0. The molecule has 1 atom stereocenters. The van der Waals surface area contributed by atoms with Crippen molar-refractivity contribution < 1.29 is 18.7 Å². The van der Waals surface area contributed by atoms with E-state index in [4.69, 9.17) is 9.63 Å². The number of hydrogen-bond acceptors (Lipinski definition) is 3. The van der Waals surface area contributed by atoms with Crippen molar-refractivity contribution in [2.24, 2.45) is 0 Å². The van der Waals surface area contributed by atoms with Gasteiger partial charge in [0.2, 0.25) is 0 Å². The van der Waals surface area contributed by atoms with E-state index in [1.165, 1.54) is 83.5 Å². The van der Waals surface area contributed by atoms with Crippen molar-refractivity contribution in [2.45, 2.75) is 103 Å². The highest BCUT2D eigenvalue weighted by atomic mass is 31.1. The first-order valence-corrected chi connectivity index (χ1v) is 11.3. The molecule has 0 aliphatic rings. The maximum atomic E-state index is 10.3. The zero-order valence-electron chi connectivity index (χ0n) is 15.8. The normalized spacial score (nSPS) is 11.8. The van der Waals surface area contributed by atoms with Gasteiger partial charge in [0.25, 0.3) is 0 Å². The van der Waals surface area contributed by atoms with E-state index in [0.29, 0.717) is 19.6 Å². The largest absolute Gasteiger partial charge is 0.694 e. The summed E-state index contributed by atoms with van der Waals surface area (Å²) in [6.07, 6.45) is 19.8. The van der Waals surface area contributed by atoms with Crippen LogP contribution in [0.4, 0.5) is 0 Å². The SMILES string of the molecule is CCCCCCCCCCCCCCCCOCCCO[P+](=O)O. The lowest BCUT2D eigenvalue weighted by molar-refractivity contribution is 0.115. The molecule has 0 saturated carbocycles. The fraction of sp³-hybridized carbons (Fsp3) is 1.00. The van der Waals surface area contributed by atoms with Crippen molar-refractivity contribution in [1.82, 2.24) is 0 Å². The first-order chi connectivity index (χ1) is 11.8. The minimum Gasteiger partial charge on any atom is -0.381 e. The average Bonchev–Trinajstić information content (AvgIpc) is 2.56. The summed E-state index contributed by atoms with van der Waals surface area (Å²) in [5, 5.41) is 0. The van der Waals surface area contributed by atoms with Crippen molar-refractivity contribution in [3.63, 3.8) is 0 Å². The van der Waals surface area contributed by atoms with E-state index < -0.39 is 8.25 Å². The average molecular weight is 363 g/mol. The summed E-state index contributed by atoms with van der Waals surface area (Å²) in [6.45, 7) is 3.98. The van der Waals surface area contributed by atoms with Gasteiger partial charge >= 0.3 is 8.25 Å². The molecule has 4 nitrogen and oxygen atoms in total. The quantitative estimate of drug-likeness (QED) is 0.197. The molecule has 0 aromatic carbocycles. The van der Waals surface area contributed by atoms with Gasteiger partial charge in [-0.05, 0) is 12.8 Å². The van der Waals surface area contributed by atoms with Crippen molar-refractivity contribution in [3.05, 3.63) is 0 Å². The Hall–Kier alpha value is -0.0200. The van der Waals surface area contributed by atoms with E-state index in [1.54, 1.807) is 0 Å². The summed E-state index contributed by atoms with van der Waals surface area (Å²) in [7, 11) is -2.45. The van der Waals surface area contributed by atoms with E-state index in [9.17, 15) is 4.57 Å². The highest BCUT2D eigenvalue weighted by Gasteiger charge is 2.09. The third-order valence-electron chi connectivity index (χ3n) is 4.28. The van der Waals surface area contributed by atoms with E-state index in [2.05, 4.69) is 11.4 Å². The lowest BCUT2D eigenvalue weighted by atomic mass is 10.0. The smallest absolute Gasteiger partial charge is 0.381 e. The maximum absolute atomic E-state index is 10.3. The summed E-state index contributed by atoms with van der Waals surface area (Å²) in [5.74, 6) is 0. The minimum atomic E-state index is -2.45. The van der Waals surface area contributed by atoms with E-state index in [1.807, 2.05) is 0 Å². The fourth-order valence-electron chi connectivity index (χ4n) is 2.80. The standard InChI is InChI=1S/C19H39O4P/c1-2-3-4-5-6-7-8-9-10-11-12-13-14-15-17-22-18-16-19-23-24(20)21/h2-19H2,1H3/p+1. The number of hydrogen-bond donors (Lipinski definition) is 1. The molecule has 0 rings (SSSR count). The summed E-state index contributed by atoms with van der Waals surface area (Å²) in [6, 6.07) is 0. The van der Waals surface area contributed by atoms with Gasteiger partial charge in [-0.15, -0.1) is 9.42 Å². The fourth-order valence-corrected chi connectivity index (χ4v) is 3.09. The van der Waals surface area contributed by atoms with Crippen LogP contribution in [0, 0.1) is 0 Å². The molecule has 0 heterocycles. The highest BCUT2D eigenvalue weighted by Crippen LogP contribution is 2.14. The Bertz CT molecular complexity index is 262. The molecule has 0 saturated heterocycles. The minimum absolute atomic E-state index is 0.296. The lowest BCUT2D eigenvalue weighted by Gasteiger charge is -2.04. The van der Waals surface area contributed by atoms with Crippen LogP contribution in [-0.2, 0) is 13.8 Å². The third-order valence-corrected chi connectivity index (χ3v) is 4.68. The molecule has 0 amide bonds. The van der Waals surface area contributed by atoms with Gasteiger partial charge in [-0.1, -0.05) is 90.4 Å². The van der Waals surface area contributed by atoms with E-state index >= 15 is 0 Å². The first-order valence-electron chi connectivity index (χ1n) is 10.1. The molecular formula is C19H40O4P+. The second-order valence-corrected chi connectivity index (χ2v) is 7.37. The molecule has 24 heavy (non-hydrogen) atoms. The Balaban J connectivity index is 2.97. The molecule has 144 valence electrons. The van der Waals surface area contributed by atoms with Gasteiger partial charge < -0.3 is 4.74 Å². The molecule has 0 radical (unpaired) electrons. The summed E-state index contributed by atoms with van der Waals surface area (Å²) in [5.41, 5.74) is 0. The molecule has 1 unspecified atom stereocenters. The summed E-state index contributed by atoms with van der Waals surface area (Å²) < 4.78 is 20.3. The zero-order chi connectivity index (χ0) is 17.7. The van der Waals surface area contributed by atoms with Crippen LogP contribution >= 0.6 is 8.25 Å². The predicted molar refractivity (Wildman–Crippen MR) is 102 cm³/mol. The molecule has 5 heteroatoms. The van der Waals surface area contributed by atoms with Gasteiger partial charge in [0.1, 0.15) is 6.61 Å². The third kappa shape index (κ3) is 22.0. The number of ether oxygens (including phenoxy) is 1. The first kappa shape index (κ1) is 24.0. The van der Waals surface area contributed by atoms with Gasteiger partial charge in [0.05, 0.1) is 0 Å². The summed E-state index contributed by atoms with van der Waals surface area (Å²) in [4.78, 5) is 8.44. The van der Waals surface area contributed by atoms with Crippen LogP contribution in [0.1, 0.15) is 103 Å². The Morgan fingerprint density at radius 1 is 0.625 bits per heavy atom. The molecule has 0 spiro atoms. The molecule has 0 aliphatic carbocycles. The lowest BCUT2D eigenvalue weighted by Crippen LogP contribution is -2.00. The zero-order valence-corrected chi connectivity index (χ0v) is 16.7. The van der Waals surface area contributed by atoms with Gasteiger partial charge in [0, 0.05) is 17.8 Å². The Morgan fingerprint density at radius 3 is 1.50 bits per heavy atom. The molecular weight excluding hydrogens is 323 g/mol. The van der Waals surface area contributed by atoms with Gasteiger partial charge in [-0.3, -0.25) is 0 Å². The van der Waals surface area contributed by atoms with Crippen LogP contribution in [0.2, 0.25) is 0 Å². The van der Waals surface area contributed by atoms with Crippen LogP contribution in [0.15, 0.2) is 0 Å². The van der Waals surface area contributed by atoms with Crippen molar-refractivity contribution in [1.29, 1.82) is 0 Å². The molecule has 1 N–H and O–H groups in total. The number of rotatable bonds is 20. The van der Waals surface area contributed by atoms with Gasteiger partial charge in [0.15, 0.2) is 0 Å². The van der Waals surface area contributed by atoms with E-state index in [-0.39, 0.29) is 0 Å². The number of unbranched alkanes of at least 4 members (excludes halogenated alkanes) is 13. The van der Waals surface area contributed by atoms with Crippen molar-refractivity contribution in [3.8, 4) is 0 Å². The van der Waals surface area contributed by atoms with E-state index in [0.717, 1.165) is 13.0 Å². The van der Waals surface area contributed by atoms with Crippen LogP contribution < -0.4 is 0 Å². The van der Waals surface area contributed by atoms with Crippen LogP contribution in [0.3, 0.4) is 0 Å². The van der Waals surface area contributed by atoms with Crippen molar-refractivity contribution >= 4 is 8.25 Å². The Morgan fingerprint density at radius 2 is 1.04 bits per heavy atom. The second kappa shape index (κ2) is 21.0. The van der Waals surface area contributed by atoms with Crippen LogP contribution in [0.25, 0.3) is 0 Å². The Kier molecular flexibility index (Phi) is 21.0. The molecule has 0 aromatic heterocycles. The van der Waals surface area contributed by atoms with Crippen molar-refractivity contribution in [2.75, 3.05) is 19.8 Å². The predicted octanol–water partition coefficient (Wildman–Crippen LogP) is 6.54. The topological polar surface area (TPSA) is 55.8 Å². The maximum Gasteiger partial charge on any atom is 0.694 e. The van der Waals surface area contributed by atoms with Crippen LogP contribution in [-0.4, -0.2) is 24.7 Å². The van der Waals surface area contributed by atoms with Gasteiger partial charge in [-0.25, -0.2) is 0 Å². The second-order valence-electron chi connectivity index (χ2n) is 6.63. The molecule has 0 bridgehead atoms. The molecule has 0 aliphatic heterocycles. The highest BCUT2D eigenvalue weighted by molar-refractivity contribution is 7.32. The Labute approximate surface area is 150 Å². The molecule has 0 aromatic rings.